The zero-order chi connectivity index (χ0) is 12.3. The number of ether oxygens (including phenoxy) is 1. The first-order valence-corrected chi connectivity index (χ1v) is 5.15. The van der Waals surface area contributed by atoms with Crippen molar-refractivity contribution in [1.29, 1.82) is 0 Å². The summed E-state index contributed by atoms with van der Waals surface area (Å²) in [6.45, 7) is 0. The summed E-state index contributed by atoms with van der Waals surface area (Å²) in [5.74, 6) is 0.0646. The largest absolute Gasteiger partial charge is 0.481 e. The third-order valence-corrected chi connectivity index (χ3v) is 2.22. The molecular formula is C11H9ClFN3O. The molecule has 0 aliphatic heterocycles. The first-order valence-electron chi connectivity index (χ1n) is 4.77. The molecule has 0 saturated heterocycles. The molecule has 0 saturated carbocycles. The number of nitrogens with one attached hydrogen (secondary N) is 1. The average Bonchev–Trinajstić information content (AvgIpc) is 2.34. The van der Waals surface area contributed by atoms with Crippen LogP contribution >= 0.6 is 11.6 Å². The lowest BCUT2D eigenvalue weighted by molar-refractivity contribution is 0.398. The number of anilines is 2. The fourth-order valence-electron chi connectivity index (χ4n) is 1.22. The number of pyridine rings is 2. The predicted octanol–water partition coefficient (Wildman–Crippen LogP) is 3.02. The summed E-state index contributed by atoms with van der Waals surface area (Å²) < 4.78 is 18.3. The Morgan fingerprint density at radius 1 is 1.29 bits per heavy atom. The minimum Gasteiger partial charge on any atom is -0.481 e. The molecule has 0 aromatic carbocycles. The van der Waals surface area contributed by atoms with E-state index in [2.05, 4.69) is 15.3 Å². The van der Waals surface area contributed by atoms with Gasteiger partial charge >= 0.3 is 0 Å². The highest BCUT2D eigenvalue weighted by Crippen LogP contribution is 2.20. The molecule has 0 spiro atoms. The topological polar surface area (TPSA) is 47.0 Å². The van der Waals surface area contributed by atoms with Gasteiger partial charge in [0.2, 0.25) is 5.88 Å². The minimum absolute atomic E-state index is 0.0985. The van der Waals surface area contributed by atoms with Gasteiger partial charge in [-0.05, 0) is 12.1 Å². The predicted molar refractivity (Wildman–Crippen MR) is 63.3 cm³/mol. The molecule has 0 amide bonds. The van der Waals surface area contributed by atoms with Gasteiger partial charge in [0.1, 0.15) is 0 Å². The fraction of sp³-hybridized carbons (Fsp3) is 0.0909. The number of aromatic nitrogens is 2. The van der Waals surface area contributed by atoms with Crippen molar-refractivity contribution in [2.24, 2.45) is 0 Å². The van der Waals surface area contributed by atoms with Crippen molar-refractivity contribution in [2.45, 2.75) is 0 Å². The monoisotopic (exact) mass is 253 g/mol. The quantitative estimate of drug-likeness (QED) is 0.913. The molecular weight excluding hydrogens is 245 g/mol. The summed E-state index contributed by atoms with van der Waals surface area (Å²) in [5, 5.41) is 3.04. The van der Waals surface area contributed by atoms with Gasteiger partial charge in [-0.15, -0.1) is 0 Å². The zero-order valence-electron chi connectivity index (χ0n) is 8.95. The first kappa shape index (κ1) is 11.6. The maximum Gasteiger partial charge on any atom is 0.213 e. The highest BCUT2D eigenvalue weighted by Gasteiger charge is 2.05. The van der Waals surface area contributed by atoms with E-state index < -0.39 is 5.82 Å². The number of hydrogen-bond acceptors (Lipinski definition) is 4. The molecule has 0 radical (unpaired) electrons. The van der Waals surface area contributed by atoms with Crippen LogP contribution in [0.5, 0.6) is 5.88 Å². The van der Waals surface area contributed by atoms with E-state index in [4.69, 9.17) is 16.3 Å². The Labute approximate surface area is 102 Å². The zero-order valence-corrected chi connectivity index (χ0v) is 9.70. The van der Waals surface area contributed by atoms with Gasteiger partial charge < -0.3 is 10.1 Å². The standard InChI is InChI=1S/C11H9ClFN3O/c1-17-10-3-2-8(6-14-10)16-11-9(13)4-7(12)5-15-11/h2-6H,1H3,(H,15,16). The Kier molecular flexibility index (Phi) is 3.39. The van der Waals surface area contributed by atoms with Gasteiger partial charge in [-0.25, -0.2) is 14.4 Å². The van der Waals surface area contributed by atoms with Crippen molar-refractivity contribution in [2.75, 3.05) is 12.4 Å². The lowest BCUT2D eigenvalue weighted by atomic mass is 10.4. The van der Waals surface area contributed by atoms with E-state index in [0.29, 0.717) is 11.6 Å². The maximum absolute atomic E-state index is 13.4. The summed E-state index contributed by atoms with van der Waals surface area (Å²) in [7, 11) is 1.52. The second-order valence-corrected chi connectivity index (χ2v) is 3.63. The Morgan fingerprint density at radius 3 is 2.71 bits per heavy atom. The summed E-state index contributed by atoms with van der Waals surface area (Å²) in [5.41, 5.74) is 0.611. The fourth-order valence-corrected chi connectivity index (χ4v) is 1.36. The van der Waals surface area contributed by atoms with Crippen LogP contribution in [-0.4, -0.2) is 17.1 Å². The van der Waals surface area contributed by atoms with Crippen molar-refractivity contribution in [3.63, 3.8) is 0 Å². The van der Waals surface area contributed by atoms with Crippen LogP contribution in [0.2, 0.25) is 5.02 Å². The normalized spacial score (nSPS) is 10.1. The van der Waals surface area contributed by atoms with Gasteiger partial charge in [0.05, 0.1) is 24.0 Å². The lowest BCUT2D eigenvalue weighted by Gasteiger charge is -2.06. The van der Waals surface area contributed by atoms with Gasteiger partial charge in [0.15, 0.2) is 11.6 Å². The molecule has 2 aromatic heterocycles. The van der Waals surface area contributed by atoms with Crippen LogP contribution in [0.15, 0.2) is 30.6 Å². The van der Waals surface area contributed by atoms with E-state index in [9.17, 15) is 4.39 Å². The molecule has 0 unspecified atom stereocenters. The van der Waals surface area contributed by atoms with Gasteiger partial charge in [-0.2, -0.15) is 0 Å². The third kappa shape index (κ3) is 2.82. The van der Waals surface area contributed by atoms with Crippen molar-refractivity contribution < 1.29 is 9.13 Å². The van der Waals surface area contributed by atoms with Gasteiger partial charge in [-0.3, -0.25) is 0 Å². The molecule has 17 heavy (non-hydrogen) atoms. The lowest BCUT2D eigenvalue weighted by Crippen LogP contribution is -1.97. The summed E-state index contributed by atoms with van der Waals surface area (Å²) >= 11 is 5.60. The summed E-state index contributed by atoms with van der Waals surface area (Å²) in [6, 6.07) is 4.56. The third-order valence-electron chi connectivity index (χ3n) is 2.02. The van der Waals surface area contributed by atoms with Crippen molar-refractivity contribution in [1.82, 2.24) is 9.97 Å². The molecule has 2 heterocycles. The van der Waals surface area contributed by atoms with Crippen LogP contribution in [0.3, 0.4) is 0 Å². The number of hydrogen-bond donors (Lipinski definition) is 1. The Balaban J connectivity index is 2.19. The van der Waals surface area contributed by atoms with E-state index in [1.165, 1.54) is 25.6 Å². The van der Waals surface area contributed by atoms with E-state index in [1.54, 1.807) is 12.1 Å². The molecule has 4 nitrogen and oxygen atoms in total. The Hall–Kier alpha value is -1.88. The second-order valence-electron chi connectivity index (χ2n) is 3.20. The SMILES string of the molecule is COc1ccc(Nc2ncc(Cl)cc2F)cn1. The minimum atomic E-state index is -0.520. The molecule has 0 aliphatic rings. The highest BCUT2D eigenvalue weighted by atomic mass is 35.5. The molecule has 2 aromatic rings. The van der Waals surface area contributed by atoms with Crippen LogP contribution in [0.4, 0.5) is 15.9 Å². The van der Waals surface area contributed by atoms with Crippen LogP contribution in [0.1, 0.15) is 0 Å². The van der Waals surface area contributed by atoms with Crippen LogP contribution in [0, 0.1) is 5.82 Å². The van der Waals surface area contributed by atoms with E-state index >= 15 is 0 Å². The molecule has 0 aliphatic carbocycles. The number of rotatable bonds is 3. The molecule has 0 bridgehead atoms. The Bertz CT molecular complexity index is 519. The van der Waals surface area contributed by atoms with Crippen molar-refractivity contribution in [3.8, 4) is 5.88 Å². The average molecular weight is 254 g/mol. The van der Waals surface area contributed by atoms with Crippen molar-refractivity contribution >= 4 is 23.1 Å². The maximum atomic E-state index is 13.4. The molecule has 0 fully saturated rings. The first-order chi connectivity index (χ1) is 8.19. The number of halogens is 2. The van der Waals surface area contributed by atoms with E-state index in [1.807, 2.05) is 0 Å². The van der Waals surface area contributed by atoms with Crippen LogP contribution in [0.25, 0.3) is 0 Å². The molecule has 1 N–H and O–H groups in total. The highest BCUT2D eigenvalue weighted by molar-refractivity contribution is 6.30. The molecule has 2 rings (SSSR count). The van der Waals surface area contributed by atoms with Crippen LogP contribution < -0.4 is 10.1 Å². The molecule has 6 heteroatoms. The van der Waals surface area contributed by atoms with Gasteiger partial charge in [0, 0.05) is 12.3 Å². The van der Waals surface area contributed by atoms with E-state index in [0.717, 1.165) is 0 Å². The van der Waals surface area contributed by atoms with E-state index in [-0.39, 0.29) is 10.8 Å². The molecule has 0 atom stereocenters. The Morgan fingerprint density at radius 2 is 2.12 bits per heavy atom. The molecule has 88 valence electrons. The summed E-state index contributed by atoms with van der Waals surface area (Å²) in [6.07, 6.45) is 2.89. The van der Waals surface area contributed by atoms with Crippen molar-refractivity contribution in [3.05, 3.63) is 41.4 Å². The van der Waals surface area contributed by atoms with Gasteiger partial charge in [-0.1, -0.05) is 11.6 Å². The second kappa shape index (κ2) is 4.97. The number of nitrogens with zero attached hydrogens (tertiary/aromatic N) is 2. The van der Waals surface area contributed by atoms with Gasteiger partial charge in [0.25, 0.3) is 0 Å². The van der Waals surface area contributed by atoms with Crippen LogP contribution in [-0.2, 0) is 0 Å². The smallest absolute Gasteiger partial charge is 0.213 e. The number of methoxy groups -OCH3 is 1. The summed E-state index contributed by atoms with van der Waals surface area (Å²) in [4.78, 5) is 7.82.